The highest BCUT2D eigenvalue weighted by Crippen LogP contribution is 2.23. The van der Waals surface area contributed by atoms with Gasteiger partial charge in [0.25, 0.3) is 0 Å². The number of anilines is 1. The fourth-order valence-corrected chi connectivity index (χ4v) is 1.68. The summed E-state index contributed by atoms with van der Waals surface area (Å²) < 4.78 is 5.67. The number of nitrogens with one attached hydrogen (secondary N) is 1. The molecule has 0 unspecified atom stereocenters. The van der Waals surface area contributed by atoms with Gasteiger partial charge in [-0.2, -0.15) is 0 Å². The third kappa shape index (κ3) is 5.89. The molecule has 102 valence electrons. The fourth-order valence-electron chi connectivity index (χ4n) is 1.68. The van der Waals surface area contributed by atoms with Crippen molar-refractivity contribution in [1.82, 2.24) is 4.98 Å². The fraction of sp³-hybridized carbons (Fsp3) is 0.667. The van der Waals surface area contributed by atoms with Gasteiger partial charge in [-0.3, -0.25) is 0 Å². The zero-order valence-corrected chi connectivity index (χ0v) is 12.3. The first-order valence-electron chi connectivity index (χ1n) is 6.74. The van der Waals surface area contributed by atoms with Crippen LogP contribution >= 0.6 is 0 Å². The van der Waals surface area contributed by atoms with Crippen molar-refractivity contribution in [3.8, 4) is 5.88 Å². The molecule has 1 aromatic heterocycles. The van der Waals surface area contributed by atoms with E-state index >= 15 is 0 Å². The van der Waals surface area contributed by atoms with Gasteiger partial charge < -0.3 is 10.1 Å². The van der Waals surface area contributed by atoms with Gasteiger partial charge in [0.05, 0.1) is 11.8 Å². The lowest BCUT2D eigenvalue weighted by Gasteiger charge is -2.18. The third-order valence-electron chi connectivity index (χ3n) is 2.54. The lowest BCUT2D eigenvalue weighted by Crippen LogP contribution is -2.12. The van der Waals surface area contributed by atoms with Crippen molar-refractivity contribution in [2.75, 3.05) is 11.9 Å². The van der Waals surface area contributed by atoms with Crippen molar-refractivity contribution in [2.45, 2.75) is 53.6 Å². The molecule has 3 nitrogen and oxygen atoms in total. The third-order valence-corrected chi connectivity index (χ3v) is 2.54. The molecule has 0 spiro atoms. The summed E-state index contributed by atoms with van der Waals surface area (Å²) in [7, 11) is 0. The number of nitrogens with zero attached hydrogens (tertiary/aromatic N) is 1. The topological polar surface area (TPSA) is 34.1 Å². The first kappa shape index (κ1) is 14.8. The van der Waals surface area contributed by atoms with E-state index in [2.05, 4.69) is 31.1 Å². The zero-order valence-electron chi connectivity index (χ0n) is 12.3. The number of pyridine rings is 1. The second kappa shape index (κ2) is 6.62. The number of hydrogen-bond donors (Lipinski definition) is 1. The van der Waals surface area contributed by atoms with Crippen LogP contribution in [-0.2, 0) is 0 Å². The van der Waals surface area contributed by atoms with Crippen molar-refractivity contribution >= 4 is 5.69 Å². The molecular formula is C15H26N2O. The highest BCUT2D eigenvalue weighted by atomic mass is 16.5. The molecule has 0 aliphatic carbocycles. The summed E-state index contributed by atoms with van der Waals surface area (Å²) in [5, 5.41) is 3.40. The first-order chi connectivity index (χ1) is 8.38. The van der Waals surface area contributed by atoms with Gasteiger partial charge in [0.2, 0.25) is 5.88 Å². The maximum atomic E-state index is 5.67. The number of aromatic nitrogens is 1. The molecule has 0 aromatic carbocycles. The van der Waals surface area contributed by atoms with Gasteiger partial charge in [0.1, 0.15) is 0 Å². The van der Waals surface area contributed by atoms with Crippen molar-refractivity contribution in [3.63, 3.8) is 0 Å². The molecular weight excluding hydrogens is 224 g/mol. The van der Waals surface area contributed by atoms with Crippen LogP contribution < -0.4 is 10.1 Å². The molecule has 0 atom stereocenters. The maximum absolute atomic E-state index is 5.67. The van der Waals surface area contributed by atoms with Crippen LogP contribution in [0.2, 0.25) is 0 Å². The molecule has 0 fully saturated rings. The average molecular weight is 250 g/mol. The quantitative estimate of drug-likeness (QED) is 0.772. The molecule has 18 heavy (non-hydrogen) atoms. The molecule has 0 amide bonds. The molecule has 1 aromatic rings. The van der Waals surface area contributed by atoms with Crippen LogP contribution in [0.1, 0.15) is 47.5 Å². The van der Waals surface area contributed by atoms with Crippen LogP contribution in [0.15, 0.2) is 18.3 Å². The van der Waals surface area contributed by atoms with E-state index in [1.54, 1.807) is 6.20 Å². The minimum Gasteiger partial charge on any atom is -0.473 e. The van der Waals surface area contributed by atoms with E-state index in [-0.39, 0.29) is 6.10 Å². The highest BCUT2D eigenvalue weighted by molar-refractivity contribution is 5.51. The van der Waals surface area contributed by atoms with Crippen LogP contribution in [0.4, 0.5) is 5.69 Å². The lowest BCUT2D eigenvalue weighted by molar-refractivity contribution is 0.234. The van der Waals surface area contributed by atoms with Gasteiger partial charge in [0, 0.05) is 12.7 Å². The molecule has 3 heteroatoms. The van der Waals surface area contributed by atoms with E-state index in [1.807, 2.05) is 26.0 Å². The summed E-state index contributed by atoms with van der Waals surface area (Å²) in [6.45, 7) is 11.8. The standard InChI is InChI=1S/C15H26N2O/c1-12(2)18-14-13(8-6-10-17-14)16-11-7-9-15(3,4)5/h6,8,10,12,16H,7,9,11H2,1-5H3. The van der Waals surface area contributed by atoms with E-state index in [4.69, 9.17) is 4.74 Å². The van der Waals surface area contributed by atoms with Gasteiger partial charge in [-0.05, 0) is 44.2 Å². The van der Waals surface area contributed by atoms with Gasteiger partial charge in [-0.15, -0.1) is 0 Å². The molecule has 0 bridgehead atoms. The molecule has 0 saturated heterocycles. The highest BCUT2D eigenvalue weighted by Gasteiger charge is 2.10. The van der Waals surface area contributed by atoms with E-state index < -0.39 is 0 Å². The summed E-state index contributed by atoms with van der Waals surface area (Å²) in [6, 6.07) is 3.95. The Morgan fingerprint density at radius 2 is 2.06 bits per heavy atom. The molecule has 0 saturated carbocycles. The molecule has 1 heterocycles. The minimum atomic E-state index is 0.148. The van der Waals surface area contributed by atoms with E-state index in [1.165, 1.54) is 6.42 Å². The first-order valence-corrected chi connectivity index (χ1v) is 6.74. The second-order valence-electron chi connectivity index (χ2n) is 6.11. The molecule has 1 N–H and O–H groups in total. The largest absolute Gasteiger partial charge is 0.473 e. The van der Waals surface area contributed by atoms with Crippen LogP contribution in [0.5, 0.6) is 5.88 Å². The van der Waals surface area contributed by atoms with Gasteiger partial charge in [-0.1, -0.05) is 20.8 Å². The normalized spacial score (nSPS) is 11.7. The van der Waals surface area contributed by atoms with Crippen molar-refractivity contribution in [3.05, 3.63) is 18.3 Å². The van der Waals surface area contributed by atoms with E-state index in [0.29, 0.717) is 11.3 Å². The van der Waals surface area contributed by atoms with Crippen molar-refractivity contribution in [2.24, 2.45) is 5.41 Å². The Hall–Kier alpha value is -1.25. The van der Waals surface area contributed by atoms with Gasteiger partial charge >= 0.3 is 0 Å². The summed E-state index contributed by atoms with van der Waals surface area (Å²) >= 11 is 0. The van der Waals surface area contributed by atoms with Gasteiger partial charge in [0.15, 0.2) is 0 Å². The SMILES string of the molecule is CC(C)Oc1ncccc1NCCCC(C)(C)C. The Kier molecular flexibility index (Phi) is 5.45. The number of hydrogen-bond acceptors (Lipinski definition) is 3. The Labute approximate surface area is 111 Å². The predicted molar refractivity (Wildman–Crippen MR) is 77.2 cm³/mol. The molecule has 0 radical (unpaired) electrons. The van der Waals surface area contributed by atoms with Crippen LogP contribution in [0, 0.1) is 5.41 Å². The zero-order chi connectivity index (χ0) is 13.6. The minimum absolute atomic E-state index is 0.148. The molecule has 1 rings (SSSR count). The van der Waals surface area contributed by atoms with E-state index in [0.717, 1.165) is 18.7 Å². The van der Waals surface area contributed by atoms with Gasteiger partial charge in [-0.25, -0.2) is 4.98 Å². The lowest BCUT2D eigenvalue weighted by atomic mass is 9.91. The Morgan fingerprint density at radius 3 is 2.67 bits per heavy atom. The summed E-state index contributed by atoms with van der Waals surface area (Å²) in [5.41, 5.74) is 1.38. The Bertz CT molecular complexity index is 356. The maximum Gasteiger partial charge on any atom is 0.237 e. The van der Waals surface area contributed by atoms with E-state index in [9.17, 15) is 0 Å². The second-order valence-corrected chi connectivity index (χ2v) is 6.11. The van der Waals surface area contributed by atoms with Crippen molar-refractivity contribution < 1.29 is 4.74 Å². The smallest absolute Gasteiger partial charge is 0.237 e. The van der Waals surface area contributed by atoms with Crippen LogP contribution in [-0.4, -0.2) is 17.6 Å². The van der Waals surface area contributed by atoms with Crippen molar-refractivity contribution in [1.29, 1.82) is 0 Å². The Balaban J connectivity index is 2.46. The average Bonchev–Trinajstić information content (AvgIpc) is 2.24. The number of rotatable bonds is 6. The Morgan fingerprint density at radius 1 is 1.33 bits per heavy atom. The summed E-state index contributed by atoms with van der Waals surface area (Å²) in [5.74, 6) is 0.697. The van der Waals surface area contributed by atoms with Crippen LogP contribution in [0.25, 0.3) is 0 Å². The molecule has 0 aliphatic rings. The summed E-state index contributed by atoms with van der Waals surface area (Å²) in [6.07, 6.45) is 4.27. The summed E-state index contributed by atoms with van der Waals surface area (Å²) in [4.78, 5) is 4.26. The number of ether oxygens (including phenoxy) is 1. The predicted octanol–water partition coefficient (Wildman–Crippen LogP) is 4.11. The molecule has 0 aliphatic heterocycles. The van der Waals surface area contributed by atoms with Crippen LogP contribution in [0.3, 0.4) is 0 Å². The monoisotopic (exact) mass is 250 g/mol.